The summed E-state index contributed by atoms with van der Waals surface area (Å²) in [7, 11) is 0. The first-order valence-electron chi connectivity index (χ1n) is 6.43. The molecule has 0 aromatic carbocycles. The molecule has 1 aliphatic carbocycles. The van der Waals surface area contributed by atoms with Gasteiger partial charge in [-0.25, -0.2) is 4.98 Å². The average Bonchev–Trinajstić information content (AvgIpc) is 2.32. The fourth-order valence-corrected chi connectivity index (χ4v) is 2.27. The molecule has 0 bridgehead atoms. The molecule has 1 aromatic heterocycles. The van der Waals surface area contributed by atoms with E-state index in [9.17, 15) is 5.11 Å². The first-order chi connectivity index (χ1) is 8.39. The molecule has 1 heterocycles. The van der Waals surface area contributed by atoms with Crippen LogP contribution in [0.25, 0.3) is 0 Å². The van der Waals surface area contributed by atoms with Crippen LogP contribution in [0.5, 0.6) is 0 Å². The molecule has 0 aliphatic heterocycles. The van der Waals surface area contributed by atoms with Gasteiger partial charge in [0.15, 0.2) is 0 Å². The molecule has 1 fully saturated rings. The van der Waals surface area contributed by atoms with Gasteiger partial charge in [-0.2, -0.15) is 4.98 Å². The molecule has 18 heavy (non-hydrogen) atoms. The Balaban J connectivity index is 1.90. The minimum Gasteiger partial charge on any atom is -0.388 e. The van der Waals surface area contributed by atoms with Crippen molar-refractivity contribution in [3.05, 3.63) is 12.3 Å². The lowest BCUT2D eigenvalue weighted by atomic mass is 9.71. The summed E-state index contributed by atoms with van der Waals surface area (Å²) >= 11 is 0. The third kappa shape index (κ3) is 3.32. The Bertz CT molecular complexity index is 409. The molecule has 0 atom stereocenters. The summed E-state index contributed by atoms with van der Waals surface area (Å²) < 4.78 is 0. The third-order valence-corrected chi connectivity index (χ3v) is 3.79. The molecule has 5 nitrogen and oxygen atoms in total. The van der Waals surface area contributed by atoms with Crippen molar-refractivity contribution in [1.29, 1.82) is 0 Å². The molecule has 2 rings (SSSR count). The van der Waals surface area contributed by atoms with Gasteiger partial charge >= 0.3 is 0 Å². The van der Waals surface area contributed by atoms with Crippen LogP contribution in [0, 0.1) is 5.41 Å². The highest BCUT2D eigenvalue weighted by atomic mass is 16.3. The molecule has 1 aliphatic rings. The summed E-state index contributed by atoms with van der Waals surface area (Å²) in [5, 5.41) is 13.6. The number of rotatable bonds is 3. The normalized spacial score (nSPS) is 21.5. The van der Waals surface area contributed by atoms with E-state index >= 15 is 0 Å². The Morgan fingerprint density at radius 3 is 2.61 bits per heavy atom. The van der Waals surface area contributed by atoms with Crippen molar-refractivity contribution in [1.82, 2.24) is 9.97 Å². The first-order valence-corrected chi connectivity index (χ1v) is 6.43. The Morgan fingerprint density at radius 2 is 2.00 bits per heavy atom. The smallest absolute Gasteiger partial charge is 0.224 e. The molecular formula is C13H22N4O. The van der Waals surface area contributed by atoms with Crippen molar-refractivity contribution in [3.8, 4) is 0 Å². The van der Waals surface area contributed by atoms with Crippen LogP contribution in [0.1, 0.15) is 39.5 Å². The molecule has 1 saturated carbocycles. The predicted molar refractivity (Wildman–Crippen MR) is 72.1 cm³/mol. The number of nitrogens with two attached hydrogens (primary N) is 1. The zero-order valence-corrected chi connectivity index (χ0v) is 11.1. The SMILES string of the molecule is CC1(C)CCC(O)(CNc2nccc(N)n2)CC1. The molecular weight excluding hydrogens is 228 g/mol. The number of aliphatic hydroxyl groups is 1. The van der Waals surface area contributed by atoms with Crippen molar-refractivity contribution < 1.29 is 5.11 Å². The Hall–Kier alpha value is -1.36. The monoisotopic (exact) mass is 250 g/mol. The van der Waals surface area contributed by atoms with Crippen LogP contribution >= 0.6 is 0 Å². The van der Waals surface area contributed by atoms with E-state index in [-0.39, 0.29) is 0 Å². The first kappa shape index (κ1) is 13.1. The second kappa shape index (κ2) is 4.72. The fourth-order valence-electron chi connectivity index (χ4n) is 2.27. The minimum absolute atomic E-state index is 0.347. The average molecular weight is 250 g/mol. The van der Waals surface area contributed by atoms with Gasteiger partial charge in [0.25, 0.3) is 0 Å². The fraction of sp³-hybridized carbons (Fsp3) is 0.692. The van der Waals surface area contributed by atoms with Crippen molar-refractivity contribution in [2.24, 2.45) is 5.41 Å². The molecule has 5 heteroatoms. The van der Waals surface area contributed by atoms with Crippen LogP contribution < -0.4 is 11.1 Å². The largest absolute Gasteiger partial charge is 0.388 e. The summed E-state index contributed by atoms with van der Waals surface area (Å²) in [5.74, 6) is 0.914. The summed E-state index contributed by atoms with van der Waals surface area (Å²) in [5.41, 5.74) is 5.28. The molecule has 0 amide bonds. The van der Waals surface area contributed by atoms with Gasteiger partial charge < -0.3 is 16.2 Å². The Kier molecular flexibility index (Phi) is 3.43. The quantitative estimate of drug-likeness (QED) is 0.762. The van der Waals surface area contributed by atoms with Crippen LogP contribution in [-0.4, -0.2) is 27.2 Å². The van der Waals surface area contributed by atoms with Crippen LogP contribution in [0.3, 0.4) is 0 Å². The van der Waals surface area contributed by atoms with Gasteiger partial charge in [-0.15, -0.1) is 0 Å². The van der Waals surface area contributed by atoms with Crippen LogP contribution in [0.15, 0.2) is 12.3 Å². The van der Waals surface area contributed by atoms with Crippen LogP contribution in [0.4, 0.5) is 11.8 Å². The number of nitrogen functional groups attached to an aromatic ring is 1. The molecule has 100 valence electrons. The maximum atomic E-state index is 10.5. The number of hydrogen-bond acceptors (Lipinski definition) is 5. The van der Waals surface area contributed by atoms with Gasteiger partial charge in [0, 0.05) is 12.7 Å². The van der Waals surface area contributed by atoms with E-state index in [0.29, 0.717) is 23.7 Å². The van der Waals surface area contributed by atoms with E-state index in [2.05, 4.69) is 29.1 Å². The van der Waals surface area contributed by atoms with Crippen LogP contribution in [0.2, 0.25) is 0 Å². The van der Waals surface area contributed by atoms with E-state index in [1.165, 1.54) is 0 Å². The second-order valence-corrected chi connectivity index (χ2v) is 6.05. The zero-order chi connectivity index (χ0) is 13.2. The molecule has 1 aromatic rings. The molecule has 0 radical (unpaired) electrons. The topological polar surface area (TPSA) is 84.1 Å². The molecule has 4 N–H and O–H groups in total. The third-order valence-electron chi connectivity index (χ3n) is 3.79. The number of aromatic nitrogens is 2. The van der Waals surface area contributed by atoms with Crippen molar-refractivity contribution in [2.45, 2.75) is 45.1 Å². The summed E-state index contributed by atoms with van der Waals surface area (Å²) in [6, 6.07) is 1.64. The Labute approximate surface area is 108 Å². The van der Waals surface area contributed by atoms with E-state index in [4.69, 9.17) is 5.73 Å². The zero-order valence-electron chi connectivity index (χ0n) is 11.1. The van der Waals surface area contributed by atoms with Gasteiger partial charge in [-0.3, -0.25) is 0 Å². The van der Waals surface area contributed by atoms with Gasteiger partial charge in [0.05, 0.1) is 5.60 Å². The molecule has 0 saturated heterocycles. The maximum Gasteiger partial charge on any atom is 0.224 e. The van der Waals surface area contributed by atoms with E-state index in [1.807, 2.05) is 0 Å². The van der Waals surface area contributed by atoms with Crippen molar-refractivity contribution in [3.63, 3.8) is 0 Å². The highest BCUT2D eigenvalue weighted by molar-refractivity contribution is 5.35. The van der Waals surface area contributed by atoms with Gasteiger partial charge in [-0.1, -0.05) is 13.8 Å². The van der Waals surface area contributed by atoms with Gasteiger partial charge in [0.1, 0.15) is 5.82 Å². The van der Waals surface area contributed by atoms with Crippen LogP contribution in [-0.2, 0) is 0 Å². The summed E-state index contributed by atoms with van der Waals surface area (Å²) in [6.45, 7) is 4.98. The molecule has 0 spiro atoms. The number of nitrogens with one attached hydrogen (secondary N) is 1. The van der Waals surface area contributed by atoms with E-state index in [1.54, 1.807) is 12.3 Å². The van der Waals surface area contributed by atoms with E-state index in [0.717, 1.165) is 25.7 Å². The highest BCUT2D eigenvalue weighted by Crippen LogP contribution is 2.40. The lowest BCUT2D eigenvalue weighted by Gasteiger charge is -2.40. The molecule has 0 unspecified atom stereocenters. The lowest BCUT2D eigenvalue weighted by Crippen LogP contribution is -2.42. The summed E-state index contributed by atoms with van der Waals surface area (Å²) in [6.07, 6.45) is 5.33. The Morgan fingerprint density at radius 1 is 1.33 bits per heavy atom. The number of hydrogen-bond donors (Lipinski definition) is 3. The number of nitrogens with zero attached hydrogens (tertiary/aromatic N) is 2. The minimum atomic E-state index is -0.649. The summed E-state index contributed by atoms with van der Waals surface area (Å²) in [4.78, 5) is 8.13. The van der Waals surface area contributed by atoms with Crippen molar-refractivity contribution >= 4 is 11.8 Å². The van der Waals surface area contributed by atoms with Crippen molar-refractivity contribution in [2.75, 3.05) is 17.6 Å². The van der Waals surface area contributed by atoms with E-state index < -0.39 is 5.60 Å². The second-order valence-electron chi connectivity index (χ2n) is 6.05. The maximum absolute atomic E-state index is 10.5. The van der Waals surface area contributed by atoms with Gasteiger partial charge in [0.2, 0.25) is 5.95 Å². The number of anilines is 2. The predicted octanol–water partition coefficient (Wildman–Crippen LogP) is 1.80. The lowest BCUT2D eigenvalue weighted by molar-refractivity contribution is -0.0146. The van der Waals surface area contributed by atoms with Gasteiger partial charge in [-0.05, 0) is 37.2 Å². The standard InChI is InChI=1S/C13H22N4O/c1-12(2)4-6-13(18,7-5-12)9-16-11-15-8-3-10(14)17-11/h3,8,18H,4-7,9H2,1-2H3,(H3,14,15,16,17). The highest BCUT2D eigenvalue weighted by Gasteiger charge is 2.36.